The van der Waals surface area contributed by atoms with E-state index in [2.05, 4.69) is 15.4 Å². The second-order valence-corrected chi connectivity index (χ2v) is 8.46. The molecule has 1 unspecified atom stereocenters. The second-order valence-electron chi connectivity index (χ2n) is 8.46. The van der Waals surface area contributed by atoms with Crippen LogP contribution in [0.3, 0.4) is 0 Å². The number of likely N-dealkylation sites (tertiary alicyclic amines) is 1. The lowest BCUT2D eigenvalue weighted by Gasteiger charge is -2.18. The van der Waals surface area contributed by atoms with Crippen molar-refractivity contribution in [2.24, 2.45) is 11.8 Å². The quantitative estimate of drug-likeness (QED) is 0.598. The highest BCUT2D eigenvalue weighted by molar-refractivity contribution is 5.99. The molecule has 2 N–H and O–H groups in total. The van der Waals surface area contributed by atoms with E-state index in [0.717, 1.165) is 16.5 Å². The number of Topliss-reactive ketones (excluding diaryl/α,β-unsaturated/α-hetero) is 1. The molecule has 0 radical (unpaired) electrons. The number of aromatic amines is 1. The number of H-pyrrole nitrogens is 1. The molecule has 3 aromatic rings. The molecule has 0 bridgehead atoms. The molecule has 3 heterocycles. The van der Waals surface area contributed by atoms with E-state index in [1.54, 1.807) is 24.6 Å². The molecule has 1 aliphatic heterocycles. The van der Waals surface area contributed by atoms with Gasteiger partial charge in [0, 0.05) is 67.5 Å². The summed E-state index contributed by atoms with van der Waals surface area (Å²) in [6, 6.07) is 9.63. The summed E-state index contributed by atoms with van der Waals surface area (Å²) in [6.07, 6.45) is 2.21. The van der Waals surface area contributed by atoms with Gasteiger partial charge in [0.05, 0.1) is 6.54 Å². The molecule has 1 aromatic carbocycles. The standard InChI is InChI=1S/C23H25N5O3/c1-3-21(30)19-9-20(23(31)25-22-16-11-27(13(2)29)12-17(16)22)28(26-19)10-14-5-4-6-18-15(14)7-8-24-18/h4-9,16-17,22,24H,3,10-12H2,1-2H3,(H,25,31)/t16-,17+,22?. The van der Waals surface area contributed by atoms with Crippen molar-refractivity contribution in [3.8, 4) is 0 Å². The van der Waals surface area contributed by atoms with Crippen molar-refractivity contribution in [1.29, 1.82) is 0 Å². The van der Waals surface area contributed by atoms with Crippen LogP contribution < -0.4 is 5.32 Å². The zero-order valence-corrected chi connectivity index (χ0v) is 17.6. The van der Waals surface area contributed by atoms with E-state index in [0.29, 0.717) is 49.3 Å². The molecule has 8 heteroatoms. The minimum Gasteiger partial charge on any atom is -0.361 e. The number of fused-ring (bicyclic) bond motifs is 2. The van der Waals surface area contributed by atoms with Crippen molar-refractivity contribution in [3.05, 3.63) is 53.5 Å². The Bertz CT molecular complexity index is 1180. The number of nitrogens with one attached hydrogen (secondary N) is 2. The summed E-state index contributed by atoms with van der Waals surface area (Å²) in [6.45, 7) is 5.14. The van der Waals surface area contributed by atoms with Gasteiger partial charge in [0.2, 0.25) is 5.91 Å². The van der Waals surface area contributed by atoms with Gasteiger partial charge in [-0.1, -0.05) is 19.1 Å². The first-order valence-electron chi connectivity index (χ1n) is 10.7. The average Bonchev–Trinajstić information content (AvgIpc) is 3.25. The van der Waals surface area contributed by atoms with Gasteiger partial charge in [-0.25, -0.2) is 0 Å². The monoisotopic (exact) mass is 419 g/mol. The Morgan fingerprint density at radius 1 is 1.19 bits per heavy atom. The summed E-state index contributed by atoms with van der Waals surface area (Å²) in [5, 5.41) is 8.64. The predicted octanol–water partition coefficient (Wildman–Crippen LogP) is 2.21. The van der Waals surface area contributed by atoms with Crippen LogP contribution in [0.5, 0.6) is 0 Å². The van der Waals surface area contributed by atoms with Crippen molar-refractivity contribution in [2.45, 2.75) is 32.9 Å². The Morgan fingerprint density at radius 3 is 2.68 bits per heavy atom. The van der Waals surface area contributed by atoms with Crippen molar-refractivity contribution in [3.63, 3.8) is 0 Å². The molecule has 2 aromatic heterocycles. The normalized spacial score (nSPS) is 21.9. The lowest BCUT2D eigenvalue weighted by Crippen LogP contribution is -2.37. The van der Waals surface area contributed by atoms with E-state index in [9.17, 15) is 14.4 Å². The zero-order chi connectivity index (χ0) is 21.7. The first kappa shape index (κ1) is 19.5. The number of hydrogen-bond donors (Lipinski definition) is 2. The number of aromatic nitrogens is 3. The van der Waals surface area contributed by atoms with Crippen LogP contribution in [0.2, 0.25) is 0 Å². The summed E-state index contributed by atoms with van der Waals surface area (Å²) in [5.41, 5.74) is 2.73. The molecular formula is C23H25N5O3. The molecule has 1 saturated carbocycles. The number of ketones is 1. The number of carbonyl (C=O) groups is 3. The third kappa shape index (κ3) is 3.41. The minimum atomic E-state index is -0.224. The van der Waals surface area contributed by atoms with E-state index < -0.39 is 0 Å². The number of rotatable bonds is 6. The van der Waals surface area contributed by atoms with Gasteiger partial charge < -0.3 is 15.2 Å². The van der Waals surface area contributed by atoms with Gasteiger partial charge in [-0.3, -0.25) is 19.1 Å². The van der Waals surface area contributed by atoms with Crippen molar-refractivity contribution in [2.75, 3.05) is 13.1 Å². The molecule has 0 spiro atoms. The molecule has 2 aliphatic rings. The Hall–Kier alpha value is -3.42. The highest BCUT2D eigenvalue weighted by Crippen LogP contribution is 2.45. The van der Waals surface area contributed by atoms with Gasteiger partial charge in [0.1, 0.15) is 11.4 Å². The first-order valence-corrected chi connectivity index (χ1v) is 10.7. The van der Waals surface area contributed by atoms with Crippen LogP contribution >= 0.6 is 0 Å². The molecule has 1 aliphatic carbocycles. The third-order valence-corrected chi connectivity index (χ3v) is 6.56. The summed E-state index contributed by atoms with van der Waals surface area (Å²) in [5.74, 6) is 0.395. The maximum atomic E-state index is 13.1. The smallest absolute Gasteiger partial charge is 0.269 e. The number of nitrogens with zero attached hydrogens (tertiary/aromatic N) is 3. The van der Waals surface area contributed by atoms with E-state index in [4.69, 9.17) is 0 Å². The fourth-order valence-electron chi connectivity index (χ4n) is 4.71. The molecule has 5 rings (SSSR count). The highest BCUT2D eigenvalue weighted by atomic mass is 16.2. The number of carbonyl (C=O) groups excluding carboxylic acids is 3. The summed E-state index contributed by atoms with van der Waals surface area (Å²) < 4.78 is 1.63. The Morgan fingerprint density at radius 2 is 1.97 bits per heavy atom. The van der Waals surface area contributed by atoms with E-state index in [1.165, 1.54) is 0 Å². The maximum Gasteiger partial charge on any atom is 0.269 e. The van der Waals surface area contributed by atoms with Gasteiger partial charge in [-0.15, -0.1) is 0 Å². The van der Waals surface area contributed by atoms with Crippen LogP contribution in [-0.4, -0.2) is 56.4 Å². The van der Waals surface area contributed by atoms with E-state index in [1.807, 2.05) is 35.4 Å². The van der Waals surface area contributed by atoms with Gasteiger partial charge in [0.25, 0.3) is 5.91 Å². The topological polar surface area (TPSA) is 100 Å². The van der Waals surface area contributed by atoms with Crippen molar-refractivity contribution < 1.29 is 14.4 Å². The van der Waals surface area contributed by atoms with Gasteiger partial charge >= 0.3 is 0 Å². The lowest BCUT2D eigenvalue weighted by atomic mass is 10.1. The lowest BCUT2D eigenvalue weighted by molar-refractivity contribution is -0.128. The number of amides is 2. The summed E-state index contributed by atoms with van der Waals surface area (Å²) >= 11 is 0. The Kier molecular flexibility index (Phi) is 4.64. The molecular weight excluding hydrogens is 394 g/mol. The fraction of sp³-hybridized carbons (Fsp3) is 0.391. The van der Waals surface area contributed by atoms with E-state index >= 15 is 0 Å². The number of piperidine rings is 1. The van der Waals surface area contributed by atoms with Crippen LogP contribution in [0.25, 0.3) is 10.9 Å². The Balaban J connectivity index is 1.38. The second kappa shape index (κ2) is 7.37. The maximum absolute atomic E-state index is 13.1. The molecule has 8 nitrogen and oxygen atoms in total. The van der Waals surface area contributed by atoms with Crippen LogP contribution in [0.4, 0.5) is 0 Å². The summed E-state index contributed by atoms with van der Waals surface area (Å²) in [4.78, 5) is 42.0. The molecule has 2 amide bonds. The molecule has 3 atom stereocenters. The predicted molar refractivity (Wildman–Crippen MR) is 115 cm³/mol. The Labute approximate surface area is 179 Å². The van der Waals surface area contributed by atoms with Crippen LogP contribution in [0.1, 0.15) is 46.8 Å². The fourth-order valence-corrected chi connectivity index (χ4v) is 4.71. The highest BCUT2D eigenvalue weighted by Gasteiger charge is 2.57. The largest absolute Gasteiger partial charge is 0.361 e. The van der Waals surface area contributed by atoms with Gasteiger partial charge in [-0.2, -0.15) is 5.10 Å². The van der Waals surface area contributed by atoms with Gasteiger partial charge in [-0.05, 0) is 17.7 Å². The van der Waals surface area contributed by atoms with Crippen LogP contribution in [0, 0.1) is 11.8 Å². The zero-order valence-electron chi connectivity index (χ0n) is 17.6. The SMILES string of the molecule is CCC(=O)c1cc(C(=O)NC2[C@H]3CN(C(C)=O)C[C@@H]23)n(Cc2cccc3[nH]ccc23)n1. The van der Waals surface area contributed by atoms with Crippen molar-refractivity contribution in [1.82, 2.24) is 25.0 Å². The third-order valence-electron chi connectivity index (χ3n) is 6.56. The molecule has 160 valence electrons. The molecule has 1 saturated heterocycles. The van der Waals surface area contributed by atoms with Crippen LogP contribution in [-0.2, 0) is 11.3 Å². The molecule has 2 fully saturated rings. The first-order chi connectivity index (χ1) is 15.0. The van der Waals surface area contributed by atoms with Crippen molar-refractivity contribution >= 4 is 28.5 Å². The van der Waals surface area contributed by atoms with E-state index in [-0.39, 0.29) is 23.6 Å². The average molecular weight is 419 g/mol. The molecule has 31 heavy (non-hydrogen) atoms. The number of hydrogen-bond acceptors (Lipinski definition) is 4. The van der Waals surface area contributed by atoms with Crippen LogP contribution in [0.15, 0.2) is 36.5 Å². The van der Waals surface area contributed by atoms with Gasteiger partial charge in [0.15, 0.2) is 5.78 Å². The minimum absolute atomic E-state index is 0.0740. The summed E-state index contributed by atoms with van der Waals surface area (Å²) in [7, 11) is 0. The number of benzene rings is 1.